The summed E-state index contributed by atoms with van der Waals surface area (Å²) in [5.74, 6) is 1.32. The van der Waals surface area contributed by atoms with Crippen molar-refractivity contribution in [3.05, 3.63) is 30.1 Å². The van der Waals surface area contributed by atoms with Crippen molar-refractivity contribution in [3.63, 3.8) is 0 Å². The van der Waals surface area contributed by atoms with Crippen LogP contribution < -0.4 is 10.2 Å². The van der Waals surface area contributed by atoms with E-state index in [1.54, 1.807) is 27.9 Å². The predicted molar refractivity (Wildman–Crippen MR) is 118 cm³/mol. The van der Waals surface area contributed by atoms with Gasteiger partial charge in [0.15, 0.2) is 5.82 Å². The number of nitriles is 1. The second-order valence-corrected chi connectivity index (χ2v) is 10.9. The fourth-order valence-electron chi connectivity index (χ4n) is 4.74. The van der Waals surface area contributed by atoms with Crippen LogP contribution in [0.25, 0.3) is 0 Å². The summed E-state index contributed by atoms with van der Waals surface area (Å²) in [6.07, 6.45) is 5.30. The molecule has 2 aliphatic heterocycles. The third kappa shape index (κ3) is 3.43. The molecule has 3 fully saturated rings. The molecule has 11 heteroatoms. The minimum Gasteiger partial charge on any atom is -0.323 e. The Morgan fingerprint density at radius 2 is 2.00 bits per heavy atom. The average Bonchev–Trinajstić information content (AvgIpc) is 3.41. The summed E-state index contributed by atoms with van der Waals surface area (Å²) in [5, 5.41) is 17.4. The number of rotatable bonds is 6. The molecule has 0 unspecified atom stereocenters. The summed E-state index contributed by atoms with van der Waals surface area (Å²) in [6.45, 7) is 1.42. The van der Waals surface area contributed by atoms with Crippen LogP contribution >= 0.6 is 0 Å². The highest BCUT2D eigenvalue weighted by Gasteiger charge is 2.56. The predicted octanol–water partition coefficient (Wildman–Crippen LogP) is 1.57. The SMILES string of the molecule is Cn1nc(Nc2cc(N3CC[C@@](C#N)(C4CC4)C3=O)ccn2)cc1C1CN(S(C)(=O)=O)C1. The van der Waals surface area contributed by atoms with Gasteiger partial charge in [0.05, 0.1) is 12.3 Å². The summed E-state index contributed by atoms with van der Waals surface area (Å²) in [7, 11) is -1.34. The lowest BCUT2D eigenvalue weighted by Gasteiger charge is -2.36. The first kappa shape index (κ1) is 20.9. The Bertz CT molecular complexity index is 1220. The zero-order valence-electron chi connectivity index (χ0n) is 18.0. The molecule has 0 spiro atoms. The van der Waals surface area contributed by atoms with Crippen molar-refractivity contribution in [1.82, 2.24) is 19.1 Å². The van der Waals surface area contributed by atoms with E-state index >= 15 is 0 Å². The molecule has 1 amide bonds. The molecule has 0 bridgehead atoms. The third-order valence-corrected chi connectivity index (χ3v) is 8.03. The molecule has 1 saturated carbocycles. The number of carbonyl (C=O) groups excluding carboxylic acids is 1. The highest BCUT2D eigenvalue weighted by atomic mass is 32.2. The Hall–Kier alpha value is -2.97. The van der Waals surface area contributed by atoms with Gasteiger partial charge >= 0.3 is 0 Å². The van der Waals surface area contributed by atoms with Crippen LogP contribution in [-0.4, -0.2) is 59.3 Å². The van der Waals surface area contributed by atoms with E-state index in [2.05, 4.69) is 21.5 Å². The Balaban J connectivity index is 1.30. The molecule has 0 aromatic carbocycles. The fraction of sp³-hybridized carbons (Fsp3) is 0.524. The number of hydrogen-bond donors (Lipinski definition) is 1. The van der Waals surface area contributed by atoms with Crippen LogP contribution in [0.4, 0.5) is 17.3 Å². The van der Waals surface area contributed by atoms with Crippen molar-refractivity contribution in [2.75, 3.05) is 36.1 Å². The van der Waals surface area contributed by atoms with Gasteiger partial charge in [0.1, 0.15) is 11.2 Å². The van der Waals surface area contributed by atoms with E-state index in [0.29, 0.717) is 43.4 Å². The molecule has 168 valence electrons. The van der Waals surface area contributed by atoms with E-state index in [0.717, 1.165) is 18.5 Å². The maximum absolute atomic E-state index is 13.1. The minimum absolute atomic E-state index is 0.0980. The van der Waals surface area contributed by atoms with E-state index < -0.39 is 15.4 Å². The fourth-order valence-corrected chi connectivity index (χ4v) is 5.64. The molecule has 4 heterocycles. The summed E-state index contributed by atoms with van der Waals surface area (Å²) < 4.78 is 26.4. The highest BCUT2D eigenvalue weighted by Crippen LogP contribution is 2.51. The van der Waals surface area contributed by atoms with Crippen LogP contribution in [0.5, 0.6) is 0 Å². The van der Waals surface area contributed by atoms with Gasteiger partial charge < -0.3 is 10.2 Å². The largest absolute Gasteiger partial charge is 0.323 e. The van der Waals surface area contributed by atoms with Crippen LogP contribution in [0.2, 0.25) is 0 Å². The van der Waals surface area contributed by atoms with Gasteiger partial charge in [0, 0.05) is 62.3 Å². The lowest BCUT2D eigenvalue weighted by molar-refractivity contribution is -0.123. The topological polar surface area (TPSA) is 124 Å². The van der Waals surface area contributed by atoms with Crippen LogP contribution in [0.1, 0.15) is 30.9 Å². The smallest absolute Gasteiger partial charge is 0.247 e. The van der Waals surface area contributed by atoms with Crippen molar-refractivity contribution < 1.29 is 13.2 Å². The average molecular weight is 456 g/mol. The van der Waals surface area contributed by atoms with Crippen LogP contribution in [0, 0.1) is 22.7 Å². The van der Waals surface area contributed by atoms with Crippen LogP contribution in [0.3, 0.4) is 0 Å². The molecule has 32 heavy (non-hydrogen) atoms. The van der Waals surface area contributed by atoms with Gasteiger partial charge in [0.25, 0.3) is 0 Å². The van der Waals surface area contributed by atoms with E-state index in [4.69, 9.17) is 0 Å². The van der Waals surface area contributed by atoms with Crippen molar-refractivity contribution in [1.29, 1.82) is 5.26 Å². The van der Waals surface area contributed by atoms with E-state index in [9.17, 15) is 18.5 Å². The van der Waals surface area contributed by atoms with Crippen molar-refractivity contribution in [2.24, 2.45) is 18.4 Å². The summed E-state index contributed by atoms with van der Waals surface area (Å²) in [5.41, 5.74) is 0.778. The molecule has 2 aromatic heterocycles. The number of carbonyl (C=O) groups is 1. The van der Waals surface area contributed by atoms with Gasteiger partial charge in [-0.25, -0.2) is 17.7 Å². The monoisotopic (exact) mass is 455 g/mol. The second-order valence-electron chi connectivity index (χ2n) is 8.94. The number of hydrogen-bond acceptors (Lipinski definition) is 7. The molecule has 1 atom stereocenters. The first-order valence-corrected chi connectivity index (χ1v) is 12.5. The highest BCUT2D eigenvalue weighted by molar-refractivity contribution is 7.88. The molecule has 1 N–H and O–H groups in total. The zero-order valence-corrected chi connectivity index (χ0v) is 18.8. The number of aryl methyl sites for hydroxylation is 1. The zero-order chi connectivity index (χ0) is 22.7. The summed E-state index contributed by atoms with van der Waals surface area (Å²) in [4.78, 5) is 19.1. The number of sulfonamides is 1. The number of amides is 1. The van der Waals surface area contributed by atoms with Gasteiger partial charge in [-0.05, 0) is 31.2 Å². The molecule has 2 aromatic rings. The number of nitrogens with zero attached hydrogens (tertiary/aromatic N) is 6. The molecule has 2 saturated heterocycles. The molecular formula is C21H25N7O3S. The Morgan fingerprint density at radius 1 is 1.25 bits per heavy atom. The van der Waals surface area contributed by atoms with Crippen LogP contribution in [0.15, 0.2) is 24.4 Å². The second kappa shape index (κ2) is 7.28. The van der Waals surface area contributed by atoms with Crippen LogP contribution in [-0.2, 0) is 21.9 Å². The number of aromatic nitrogens is 3. The standard InChI is InChI=1S/C21H25N7O3S/c1-26-17(14-11-27(12-14)32(2,30)31)10-19(25-26)24-18-9-16(5-7-23-18)28-8-6-21(13-22,20(28)29)15-3-4-15/h5,7,9-10,14-15H,3-4,6,8,11-12H2,1-2H3,(H,23,24,25)/t21-/m1/s1. The van der Waals surface area contributed by atoms with Gasteiger partial charge in [0.2, 0.25) is 15.9 Å². The maximum atomic E-state index is 13.1. The number of nitrogens with one attached hydrogen (secondary N) is 1. The number of anilines is 3. The number of pyridine rings is 1. The van der Waals surface area contributed by atoms with Gasteiger partial charge in [-0.3, -0.25) is 9.48 Å². The van der Waals surface area contributed by atoms with Gasteiger partial charge in [-0.1, -0.05) is 0 Å². The molecule has 10 nitrogen and oxygen atoms in total. The lowest BCUT2D eigenvalue weighted by atomic mass is 9.83. The van der Waals surface area contributed by atoms with Gasteiger partial charge in [-0.2, -0.15) is 10.4 Å². The third-order valence-electron chi connectivity index (χ3n) is 6.79. The van der Waals surface area contributed by atoms with Crippen molar-refractivity contribution >= 4 is 33.3 Å². The normalized spacial score (nSPS) is 24.4. The van der Waals surface area contributed by atoms with E-state index in [-0.39, 0.29) is 17.7 Å². The molecule has 3 aliphatic rings. The van der Waals surface area contributed by atoms with Crippen molar-refractivity contribution in [3.8, 4) is 6.07 Å². The lowest BCUT2D eigenvalue weighted by Crippen LogP contribution is -2.48. The summed E-state index contributed by atoms with van der Waals surface area (Å²) in [6, 6.07) is 7.78. The minimum atomic E-state index is -3.17. The summed E-state index contributed by atoms with van der Waals surface area (Å²) >= 11 is 0. The molecular weight excluding hydrogens is 430 g/mol. The van der Waals surface area contributed by atoms with E-state index in [1.807, 2.05) is 13.1 Å². The Morgan fingerprint density at radius 3 is 2.66 bits per heavy atom. The molecule has 0 radical (unpaired) electrons. The quantitative estimate of drug-likeness (QED) is 0.701. The van der Waals surface area contributed by atoms with Crippen molar-refractivity contribution in [2.45, 2.75) is 25.2 Å². The molecule has 5 rings (SSSR count). The maximum Gasteiger partial charge on any atom is 0.247 e. The first-order valence-electron chi connectivity index (χ1n) is 10.7. The van der Waals surface area contributed by atoms with Gasteiger partial charge in [-0.15, -0.1) is 0 Å². The Kier molecular flexibility index (Phi) is 4.76. The molecule has 1 aliphatic carbocycles. The first-order chi connectivity index (χ1) is 15.2. The Labute approximate surface area is 186 Å². The van der Waals surface area contributed by atoms with E-state index in [1.165, 1.54) is 10.6 Å².